The summed E-state index contributed by atoms with van der Waals surface area (Å²) in [6, 6.07) is 3.62. The van der Waals surface area contributed by atoms with Crippen LogP contribution in [0.2, 0.25) is 0 Å². The summed E-state index contributed by atoms with van der Waals surface area (Å²) in [6.07, 6.45) is 0.486. The Kier molecular flexibility index (Phi) is 5.62. The number of anilines is 1. The van der Waals surface area contributed by atoms with Gasteiger partial charge in [-0.05, 0) is 43.5 Å². The molecular formula is C12H18BrNO3S. The van der Waals surface area contributed by atoms with Crippen molar-refractivity contribution in [3.63, 3.8) is 0 Å². The van der Waals surface area contributed by atoms with Crippen molar-refractivity contribution in [1.82, 2.24) is 0 Å². The van der Waals surface area contributed by atoms with Crippen LogP contribution in [0.15, 0.2) is 16.6 Å². The fraction of sp³-hybridized carbons (Fsp3) is 0.500. The van der Waals surface area contributed by atoms with Crippen molar-refractivity contribution in [3.05, 3.63) is 27.7 Å². The lowest BCUT2D eigenvalue weighted by atomic mass is 10.1. The summed E-state index contributed by atoms with van der Waals surface area (Å²) in [6.45, 7) is 4.30. The Morgan fingerprint density at radius 1 is 1.28 bits per heavy atom. The molecule has 0 saturated heterocycles. The zero-order valence-corrected chi connectivity index (χ0v) is 13.2. The Bertz CT molecular complexity index is 491. The fourth-order valence-electron chi connectivity index (χ4n) is 1.63. The number of halogens is 1. The minimum Gasteiger partial charge on any atom is -0.385 e. The SMILES string of the molecule is COCCCS(=O)(=O)Nc1cc(C)c(Br)c(C)c1. The smallest absolute Gasteiger partial charge is 0.232 e. The van der Waals surface area contributed by atoms with Crippen LogP contribution in [0.1, 0.15) is 17.5 Å². The molecule has 0 saturated carbocycles. The third-order valence-electron chi connectivity index (χ3n) is 2.47. The van der Waals surface area contributed by atoms with Crippen LogP contribution in [0.3, 0.4) is 0 Å². The van der Waals surface area contributed by atoms with Gasteiger partial charge in [-0.25, -0.2) is 8.42 Å². The van der Waals surface area contributed by atoms with Crippen LogP contribution >= 0.6 is 15.9 Å². The molecule has 0 fully saturated rings. The standard InChI is InChI=1S/C12H18BrNO3S/c1-9-7-11(8-10(2)12(9)13)14-18(15,16)6-4-5-17-3/h7-8,14H,4-6H2,1-3H3. The predicted octanol–water partition coefficient (Wildman–Crippen LogP) is 2.84. The molecule has 0 heterocycles. The number of hydrogen-bond acceptors (Lipinski definition) is 3. The van der Waals surface area contributed by atoms with Gasteiger partial charge in [0.05, 0.1) is 5.75 Å². The summed E-state index contributed by atoms with van der Waals surface area (Å²) >= 11 is 3.45. The lowest BCUT2D eigenvalue weighted by Crippen LogP contribution is -2.18. The second kappa shape index (κ2) is 6.54. The molecule has 0 radical (unpaired) electrons. The minimum absolute atomic E-state index is 0.0645. The van der Waals surface area contributed by atoms with Crippen LogP contribution in [0.4, 0.5) is 5.69 Å². The Morgan fingerprint density at radius 3 is 2.33 bits per heavy atom. The van der Waals surface area contributed by atoms with E-state index in [1.807, 2.05) is 26.0 Å². The number of rotatable bonds is 6. The summed E-state index contributed by atoms with van der Waals surface area (Å²) in [5.41, 5.74) is 2.61. The number of aryl methyl sites for hydroxylation is 2. The number of benzene rings is 1. The molecule has 0 amide bonds. The number of nitrogens with one attached hydrogen (secondary N) is 1. The highest BCUT2D eigenvalue weighted by atomic mass is 79.9. The van der Waals surface area contributed by atoms with Gasteiger partial charge < -0.3 is 4.74 Å². The second-order valence-electron chi connectivity index (χ2n) is 4.19. The number of ether oxygens (including phenoxy) is 1. The number of methoxy groups -OCH3 is 1. The van der Waals surface area contributed by atoms with Gasteiger partial charge in [0, 0.05) is 23.9 Å². The minimum atomic E-state index is -3.30. The molecule has 102 valence electrons. The molecule has 0 aromatic heterocycles. The molecule has 1 rings (SSSR count). The molecule has 0 aliphatic rings. The van der Waals surface area contributed by atoms with E-state index in [1.54, 1.807) is 7.11 Å². The third-order valence-corrected chi connectivity index (χ3v) is 5.10. The van der Waals surface area contributed by atoms with Gasteiger partial charge in [-0.3, -0.25) is 4.72 Å². The van der Waals surface area contributed by atoms with Gasteiger partial charge in [-0.15, -0.1) is 0 Å². The van der Waals surface area contributed by atoms with Crippen molar-refractivity contribution >= 4 is 31.6 Å². The van der Waals surface area contributed by atoms with E-state index < -0.39 is 10.0 Å². The third kappa shape index (κ3) is 4.59. The van der Waals surface area contributed by atoms with E-state index in [1.165, 1.54) is 0 Å². The van der Waals surface area contributed by atoms with Crippen LogP contribution in [-0.4, -0.2) is 27.9 Å². The first-order valence-corrected chi connectivity index (χ1v) is 8.06. The molecule has 18 heavy (non-hydrogen) atoms. The van der Waals surface area contributed by atoms with Gasteiger partial charge in [0.15, 0.2) is 0 Å². The first kappa shape index (κ1) is 15.5. The molecule has 6 heteroatoms. The van der Waals surface area contributed by atoms with E-state index in [2.05, 4.69) is 20.7 Å². The highest BCUT2D eigenvalue weighted by Crippen LogP contribution is 2.25. The van der Waals surface area contributed by atoms with Crippen molar-refractivity contribution in [2.24, 2.45) is 0 Å². The summed E-state index contributed by atoms with van der Waals surface area (Å²) in [5, 5.41) is 0. The van der Waals surface area contributed by atoms with Crippen LogP contribution in [0, 0.1) is 13.8 Å². The summed E-state index contributed by atoms with van der Waals surface area (Å²) in [5.74, 6) is 0.0645. The van der Waals surface area contributed by atoms with E-state index >= 15 is 0 Å². The maximum atomic E-state index is 11.8. The summed E-state index contributed by atoms with van der Waals surface area (Å²) in [7, 11) is -1.74. The molecule has 0 aliphatic heterocycles. The second-order valence-corrected chi connectivity index (χ2v) is 6.83. The lowest BCUT2D eigenvalue weighted by molar-refractivity contribution is 0.199. The molecule has 4 nitrogen and oxygen atoms in total. The maximum Gasteiger partial charge on any atom is 0.232 e. The highest BCUT2D eigenvalue weighted by molar-refractivity contribution is 9.10. The van der Waals surface area contributed by atoms with Gasteiger partial charge in [0.1, 0.15) is 0 Å². The van der Waals surface area contributed by atoms with Crippen molar-refractivity contribution < 1.29 is 13.2 Å². The molecule has 1 aromatic carbocycles. The van der Waals surface area contributed by atoms with Crippen molar-refractivity contribution in [3.8, 4) is 0 Å². The largest absolute Gasteiger partial charge is 0.385 e. The van der Waals surface area contributed by atoms with E-state index in [9.17, 15) is 8.42 Å². The fourth-order valence-corrected chi connectivity index (χ4v) is 2.93. The lowest BCUT2D eigenvalue weighted by Gasteiger charge is -2.11. The van der Waals surface area contributed by atoms with Gasteiger partial charge >= 0.3 is 0 Å². The van der Waals surface area contributed by atoms with Crippen LogP contribution in [-0.2, 0) is 14.8 Å². The Balaban J connectivity index is 2.78. The zero-order chi connectivity index (χ0) is 13.8. The van der Waals surface area contributed by atoms with E-state index in [0.29, 0.717) is 18.7 Å². The molecule has 0 atom stereocenters. The van der Waals surface area contributed by atoms with Crippen LogP contribution < -0.4 is 4.72 Å². The van der Waals surface area contributed by atoms with Gasteiger partial charge in [0.2, 0.25) is 10.0 Å². The Morgan fingerprint density at radius 2 is 1.83 bits per heavy atom. The molecular weight excluding hydrogens is 318 g/mol. The van der Waals surface area contributed by atoms with Crippen LogP contribution in [0.25, 0.3) is 0 Å². The average molecular weight is 336 g/mol. The molecule has 0 bridgehead atoms. The van der Waals surface area contributed by atoms with E-state index in [-0.39, 0.29) is 5.75 Å². The van der Waals surface area contributed by atoms with Crippen LogP contribution in [0.5, 0.6) is 0 Å². The maximum absolute atomic E-state index is 11.8. The quantitative estimate of drug-likeness (QED) is 0.813. The zero-order valence-electron chi connectivity index (χ0n) is 10.8. The van der Waals surface area contributed by atoms with Crippen molar-refractivity contribution in [1.29, 1.82) is 0 Å². The molecule has 0 unspecified atom stereocenters. The Hall–Kier alpha value is -0.590. The highest BCUT2D eigenvalue weighted by Gasteiger charge is 2.11. The van der Waals surface area contributed by atoms with Crippen molar-refractivity contribution in [2.45, 2.75) is 20.3 Å². The average Bonchev–Trinajstić information content (AvgIpc) is 2.25. The molecule has 1 N–H and O–H groups in total. The normalized spacial score (nSPS) is 11.6. The monoisotopic (exact) mass is 335 g/mol. The summed E-state index contributed by atoms with van der Waals surface area (Å²) in [4.78, 5) is 0. The van der Waals surface area contributed by atoms with Gasteiger partial charge in [-0.1, -0.05) is 15.9 Å². The molecule has 0 aliphatic carbocycles. The van der Waals surface area contributed by atoms with E-state index in [4.69, 9.17) is 4.74 Å². The first-order valence-electron chi connectivity index (χ1n) is 5.62. The molecule has 1 aromatic rings. The number of sulfonamides is 1. The van der Waals surface area contributed by atoms with Crippen molar-refractivity contribution in [2.75, 3.05) is 24.2 Å². The predicted molar refractivity (Wildman–Crippen MR) is 77.5 cm³/mol. The van der Waals surface area contributed by atoms with Gasteiger partial charge in [-0.2, -0.15) is 0 Å². The number of hydrogen-bond donors (Lipinski definition) is 1. The summed E-state index contributed by atoms with van der Waals surface area (Å²) < 4.78 is 32.0. The van der Waals surface area contributed by atoms with Gasteiger partial charge in [0.25, 0.3) is 0 Å². The molecule has 0 spiro atoms. The van der Waals surface area contributed by atoms with E-state index in [0.717, 1.165) is 15.6 Å². The Labute approximate surface area is 117 Å². The first-order chi connectivity index (χ1) is 8.35. The topological polar surface area (TPSA) is 55.4 Å².